The van der Waals surface area contributed by atoms with Crippen LogP contribution in [-0.4, -0.2) is 73.1 Å². The number of rotatable bonds is 4. The number of amides is 2. The third-order valence-electron chi connectivity index (χ3n) is 5.39. The first-order chi connectivity index (χ1) is 12.7. The first-order valence-corrected chi connectivity index (χ1v) is 10.8. The zero-order valence-corrected chi connectivity index (χ0v) is 16.9. The van der Waals surface area contributed by atoms with Gasteiger partial charge in [0, 0.05) is 45.2 Å². The Hall–Kier alpha value is -1.93. The van der Waals surface area contributed by atoms with Gasteiger partial charge in [0.25, 0.3) is 0 Å². The molecular formula is C19H27N3O4S. The van der Waals surface area contributed by atoms with Crippen LogP contribution in [0.1, 0.15) is 25.8 Å². The molecule has 2 fully saturated rings. The molecule has 8 heteroatoms. The van der Waals surface area contributed by atoms with Crippen molar-refractivity contribution in [1.29, 1.82) is 0 Å². The molecule has 1 aromatic rings. The quantitative estimate of drug-likeness (QED) is 0.767. The lowest BCUT2D eigenvalue weighted by molar-refractivity contribution is -0.137. The van der Waals surface area contributed by atoms with E-state index in [1.54, 1.807) is 34.9 Å². The fourth-order valence-corrected chi connectivity index (χ4v) is 5.44. The third-order valence-corrected chi connectivity index (χ3v) is 7.45. The predicted octanol–water partition coefficient (Wildman–Crippen LogP) is 1.08. The number of hydrogen-bond donors (Lipinski definition) is 0. The van der Waals surface area contributed by atoms with Gasteiger partial charge in [-0.1, -0.05) is 18.2 Å². The van der Waals surface area contributed by atoms with Crippen molar-refractivity contribution in [3.05, 3.63) is 29.8 Å². The standard InChI is InChI=1S/C19H27N3O4S/c1-14(2)22-13-16(12-18(22)23)19(24)20-8-10-21(11-9-20)27(25,26)17-7-5-4-6-15(17)3/h4-7,14,16H,8-13H2,1-3H3. The Morgan fingerprint density at radius 1 is 1.11 bits per heavy atom. The lowest BCUT2D eigenvalue weighted by Gasteiger charge is -2.35. The van der Waals surface area contributed by atoms with Gasteiger partial charge in [-0.15, -0.1) is 0 Å². The van der Waals surface area contributed by atoms with Crippen LogP contribution >= 0.6 is 0 Å². The van der Waals surface area contributed by atoms with Gasteiger partial charge < -0.3 is 9.80 Å². The van der Waals surface area contributed by atoms with Gasteiger partial charge in [-0.2, -0.15) is 4.31 Å². The monoisotopic (exact) mass is 393 g/mol. The second-order valence-electron chi connectivity index (χ2n) is 7.54. The minimum atomic E-state index is -3.56. The van der Waals surface area contributed by atoms with E-state index < -0.39 is 10.0 Å². The van der Waals surface area contributed by atoms with Gasteiger partial charge >= 0.3 is 0 Å². The van der Waals surface area contributed by atoms with Gasteiger partial charge in [0.15, 0.2) is 0 Å². The van der Waals surface area contributed by atoms with Crippen LogP contribution in [0.5, 0.6) is 0 Å². The third kappa shape index (κ3) is 3.87. The number of carbonyl (C=O) groups excluding carboxylic acids is 2. The molecule has 2 amide bonds. The van der Waals surface area contributed by atoms with Gasteiger partial charge in [-0.05, 0) is 32.4 Å². The Bertz CT molecular complexity index is 829. The number of nitrogens with zero attached hydrogens (tertiary/aromatic N) is 3. The summed E-state index contributed by atoms with van der Waals surface area (Å²) >= 11 is 0. The molecule has 0 aliphatic carbocycles. The van der Waals surface area contributed by atoms with Crippen molar-refractivity contribution >= 4 is 21.8 Å². The zero-order chi connectivity index (χ0) is 19.8. The summed E-state index contributed by atoms with van der Waals surface area (Å²) in [5.74, 6) is -0.344. The molecule has 2 aliphatic heterocycles. The van der Waals surface area contributed by atoms with Crippen molar-refractivity contribution in [3.8, 4) is 0 Å². The first kappa shape index (κ1) is 19.8. The molecule has 2 heterocycles. The van der Waals surface area contributed by atoms with Crippen molar-refractivity contribution in [2.45, 2.75) is 38.1 Å². The first-order valence-electron chi connectivity index (χ1n) is 9.36. The Morgan fingerprint density at radius 3 is 2.30 bits per heavy atom. The molecule has 0 saturated carbocycles. The SMILES string of the molecule is Cc1ccccc1S(=O)(=O)N1CCN(C(=O)C2CC(=O)N(C(C)C)C2)CC1. The summed E-state index contributed by atoms with van der Waals surface area (Å²) in [6.07, 6.45) is 0.249. The van der Waals surface area contributed by atoms with E-state index in [1.165, 1.54) is 4.31 Å². The second-order valence-corrected chi connectivity index (χ2v) is 9.44. The number of likely N-dealkylation sites (tertiary alicyclic amines) is 1. The highest BCUT2D eigenvalue weighted by Gasteiger charge is 2.39. The van der Waals surface area contributed by atoms with Gasteiger partial charge in [0.2, 0.25) is 21.8 Å². The molecule has 7 nitrogen and oxygen atoms in total. The minimum absolute atomic E-state index is 0.0177. The van der Waals surface area contributed by atoms with Crippen LogP contribution in [0.3, 0.4) is 0 Å². The summed E-state index contributed by atoms with van der Waals surface area (Å²) in [5, 5.41) is 0. The lowest BCUT2D eigenvalue weighted by atomic mass is 10.1. The Kier molecular flexibility index (Phi) is 5.58. The number of hydrogen-bond acceptors (Lipinski definition) is 4. The smallest absolute Gasteiger partial charge is 0.243 e. The van der Waals surface area contributed by atoms with Crippen LogP contribution in [0, 0.1) is 12.8 Å². The summed E-state index contributed by atoms with van der Waals surface area (Å²) in [5.41, 5.74) is 0.717. The van der Waals surface area contributed by atoms with E-state index in [9.17, 15) is 18.0 Å². The fraction of sp³-hybridized carbons (Fsp3) is 0.579. The molecule has 0 aromatic heterocycles. The van der Waals surface area contributed by atoms with Crippen LogP contribution in [0.2, 0.25) is 0 Å². The Morgan fingerprint density at radius 2 is 1.74 bits per heavy atom. The number of carbonyl (C=O) groups is 2. The summed E-state index contributed by atoms with van der Waals surface area (Å²) in [4.78, 5) is 28.6. The molecule has 2 saturated heterocycles. The topological polar surface area (TPSA) is 78.0 Å². The molecule has 27 heavy (non-hydrogen) atoms. The molecule has 1 unspecified atom stereocenters. The molecule has 0 N–H and O–H groups in total. The van der Waals surface area contributed by atoms with E-state index in [4.69, 9.17) is 0 Å². The van der Waals surface area contributed by atoms with Crippen molar-refractivity contribution in [2.24, 2.45) is 5.92 Å². The van der Waals surface area contributed by atoms with Gasteiger partial charge in [-0.25, -0.2) is 8.42 Å². The molecule has 0 radical (unpaired) electrons. The minimum Gasteiger partial charge on any atom is -0.340 e. The summed E-state index contributed by atoms with van der Waals surface area (Å²) in [7, 11) is -3.56. The number of piperazine rings is 1. The summed E-state index contributed by atoms with van der Waals surface area (Å²) in [6, 6.07) is 7.02. The van der Waals surface area contributed by atoms with Crippen LogP contribution < -0.4 is 0 Å². The van der Waals surface area contributed by atoms with Crippen LogP contribution in [0.25, 0.3) is 0 Å². The molecular weight excluding hydrogens is 366 g/mol. The maximum atomic E-state index is 12.9. The van der Waals surface area contributed by atoms with Gasteiger partial charge in [-0.3, -0.25) is 9.59 Å². The van der Waals surface area contributed by atoms with E-state index >= 15 is 0 Å². The normalized spacial score (nSPS) is 21.9. The molecule has 2 aliphatic rings. The van der Waals surface area contributed by atoms with E-state index in [2.05, 4.69) is 0 Å². The zero-order valence-electron chi connectivity index (χ0n) is 16.1. The number of aryl methyl sites for hydroxylation is 1. The highest BCUT2D eigenvalue weighted by molar-refractivity contribution is 7.89. The summed E-state index contributed by atoms with van der Waals surface area (Å²) < 4.78 is 27.2. The maximum Gasteiger partial charge on any atom is 0.243 e. The van der Waals surface area contributed by atoms with Crippen LogP contribution in [-0.2, 0) is 19.6 Å². The molecule has 148 valence electrons. The van der Waals surface area contributed by atoms with Crippen molar-refractivity contribution < 1.29 is 18.0 Å². The molecule has 1 aromatic carbocycles. The molecule has 3 rings (SSSR count). The number of sulfonamides is 1. The van der Waals surface area contributed by atoms with E-state index in [0.29, 0.717) is 30.1 Å². The van der Waals surface area contributed by atoms with Crippen LogP contribution in [0.4, 0.5) is 0 Å². The van der Waals surface area contributed by atoms with Crippen LogP contribution in [0.15, 0.2) is 29.2 Å². The van der Waals surface area contributed by atoms with Gasteiger partial charge in [0.05, 0.1) is 10.8 Å². The molecule has 1 atom stereocenters. The number of benzene rings is 1. The van der Waals surface area contributed by atoms with Gasteiger partial charge in [0.1, 0.15) is 0 Å². The Balaban J connectivity index is 1.63. The van der Waals surface area contributed by atoms with Crippen molar-refractivity contribution in [1.82, 2.24) is 14.1 Å². The van der Waals surface area contributed by atoms with E-state index in [1.807, 2.05) is 19.9 Å². The van der Waals surface area contributed by atoms with E-state index in [0.717, 1.165) is 0 Å². The predicted molar refractivity (Wildman–Crippen MR) is 101 cm³/mol. The highest BCUT2D eigenvalue weighted by Crippen LogP contribution is 2.24. The summed E-state index contributed by atoms with van der Waals surface area (Å²) in [6.45, 7) is 7.39. The average molecular weight is 394 g/mol. The lowest BCUT2D eigenvalue weighted by Crippen LogP contribution is -2.52. The molecule has 0 spiro atoms. The van der Waals surface area contributed by atoms with Crippen molar-refractivity contribution in [2.75, 3.05) is 32.7 Å². The highest BCUT2D eigenvalue weighted by atomic mass is 32.2. The average Bonchev–Trinajstić information content (AvgIpc) is 3.03. The maximum absolute atomic E-state index is 12.9. The molecule has 0 bridgehead atoms. The van der Waals surface area contributed by atoms with Crippen molar-refractivity contribution in [3.63, 3.8) is 0 Å². The largest absolute Gasteiger partial charge is 0.340 e. The Labute approximate surface area is 161 Å². The van der Waals surface area contributed by atoms with E-state index in [-0.39, 0.29) is 43.3 Å². The second kappa shape index (κ2) is 7.59. The fourth-order valence-electron chi connectivity index (χ4n) is 3.79.